The van der Waals surface area contributed by atoms with Crippen LogP contribution < -0.4 is 10.3 Å². The van der Waals surface area contributed by atoms with Crippen molar-refractivity contribution < 1.29 is 4.79 Å². The van der Waals surface area contributed by atoms with Gasteiger partial charge in [0.2, 0.25) is 0 Å². The molecule has 30 heavy (non-hydrogen) atoms. The van der Waals surface area contributed by atoms with Crippen molar-refractivity contribution in [3.05, 3.63) is 84.1 Å². The third-order valence-electron chi connectivity index (χ3n) is 5.25. The van der Waals surface area contributed by atoms with E-state index in [-0.39, 0.29) is 5.91 Å². The molecule has 4 rings (SSSR count). The second-order valence-corrected chi connectivity index (χ2v) is 7.04. The molecule has 0 atom stereocenters. The Labute approximate surface area is 176 Å². The fourth-order valence-corrected chi connectivity index (χ4v) is 3.59. The first-order valence-electron chi connectivity index (χ1n) is 10.2. The summed E-state index contributed by atoms with van der Waals surface area (Å²) >= 11 is 0. The Hall–Kier alpha value is -3.73. The van der Waals surface area contributed by atoms with Gasteiger partial charge in [0.25, 0.3) is 5.91 Å². The highest BCUT2D eigenvalue weighted by molar-refractivity contribution is 6.08. The zero-order valence-corrected chi connectivity index (χ0v) is 17.2. The van der Waals surface area contributed by atoms with Crippen LogP contribution >= 0.6 is 0 Å². The highest BCUT2D eigenvalue weighted by Crippen LogP contribution is 2.24. The number of benzene rings is 3. The van der Waals surface area contributed by atoms with Crippen LogP contribution in [0.3, 0.4) is 0 Å². The number of nitrogens with one attached hydrogen (secondary N) is 1. The smallest absolute Gasteiger partial charge is 0.272 e. The highest BCUT2D eigenvalue weighted by atomic mass is 16.2. The number of hydrogen-bond acceptors (Lipinski definition) is 4. The van der Waals surface area contributed by atoms with Crippen LogP contribution in [0.5, 0.6) is 0 Å². The van der Waals surface area contributed by atoms with Crippen molar-refractivity contribution in [3.8, 4) is 0 Å². The Morgan fingerprint density at radius 2 is 1.77 bits per heavy atom. The minimum atomic E-state index is -0.284. The molecule has 1 heterocycles. The number of carbonyl (C=O) groups excluding carboxylic acids is 1. The lowest BCUT2D eigenvalue weighted by molar-refractivity contribution is 0.0955. The average Bonchev–Trinajstić information content (AvgIpc) is 2.80. The van der Waals surface area contributed by atoms with E-state index in [0.717, 1.165) is 40.3 Å². The molecule has 0 aliphatic rings. The van der Waals surface area contributed by atoms with Gasteiger partial charge >= 0.3 is 0 Å². The number of carbonyl (C=O) groups is 1. The Morgan fingerprint density at radius 1 is 1.00 bits per heavy atom. The van der Waals surface area contributed by atoms with Crippen molar-refractivity contribution in [3.63, 3.8) is 0 Å². The molecule has 5 heteroatoms. The van der Waals surface area contributed by atoms with Gasteiger partial charge in [-0.25, -0.2) is 5.43 Å². The molecular formula is C25H24N4O. The quantitative estimate of drug-likeness (QED) is 0.283. The summed E-state index contributed by atoms with van der Waals surface area (Å²) in [5.41, 5.74) is 6.04. The van der Waals surface area contributed by atoms with E-state index in [1.807, 2.05) is 48.5 Å². The summed E-state index contributed by atoms with van der Waals surface area (Å²) in [5, 5.41) is 7.26. The number of pyridine rings is 1. The number of amides is 1. The normalized spacial score (nSPS) is 11.3. The number of anilines is 1. The zero-order valence-electron chi connectivity index (χ0n) is 17.2. The fourth-order valence-electron chi connectivity index (χ4n) is 3.59. The number of aromatic nitrogens is 1. The number of fused-ring (bicyclic) bond motifs is 3. The standard InChI is InChI=1S/C25H24N4O/c1-3-29(4-2)21-12-9-18(10-13-21)16-27-28-25(30)20-15-23-22-8-6-5-7-19(22)11-14-24(23)26-17-20/h5-17H,3-4H2,1-2H3,(H,28,30)/b27-16+. The molecule has 0 bridgehead atoms. The summed E-state index contributed by atoms with van der Waals surface area (Å²) in [6, 6.07) is 22.1. The van der Waals surface area contributed by atoms with Crippen LogP contribution in [-0.4, -0.2) is 30.2 Å². The molecular weight excluding hydrogens is 372 g/mol. The van der Waals surface area contributed by atoms with Crippen LogP contribution in [-0.2, 0) is 0 Å². The molecule has 0 radical (unpaired) electrons. The van der Waals surface area contributed by atoms with Gasteiger partial charge in [0.15, 0.2) is 0 Å². The number of rotatable bonds is 6. The van der Waals surface area contributed by atoms with Crippen LogP contribution in [0.25, 0.3) is 21.7 Å². The van der Waals surface area contributed by atoms with Crippen LogP contribution in [0, 0.1) is 0 Å². The molecule has 0 saturated carbocycles. The Kier molecular flexibility index (Phi) is 5.70. The summed E-state index contributed by atoms with van der Waals surface area (Å²) in [6.45, 7) is 6.21. The molecule has 0 fully saturated rings. The van der Waals surface area contributed by atoms with E-state index in [2.05, 4.69) is 52.5 Å². The molecule has 0 unspecified atom stereocenters. The lowest BCUT2D eigenvalue weighted by Crippen LogP contribution is -2.21. The first kappa shape index (κ1) is 19.6. The topological polar surface area (TPSA) is 57.6 Å². The maximum atomic E-state index is 12.6. The van der Waals surface area contributed by atoms with Gasteiger partial charge in [-0.3, -0.25) is 9.78 Å². The van der Waals surface area contributed by atoms with Crippen molar-refractivity contribution in [1.82, 2.24) is 10.4 Å². The van der Waals surface area contributed by atoms with Crippen molar-refractivity contribution in [1.29, 1.82) is 0 Å². The molecule has 5 nitrogen and oxygen atoms in total. The van der Waals surface area contributed by atoms with Crippen LogP contribution in [0.2, 0.25) is 0 Å². The largest absolute Gasteiger partial charge is 0.372 e. The molecule has 1 aromatic heterocycles. The SMILES string of the molecule is CCN(CC)c1ccc(/C=N/NC(=O)c2cnc3ccc4ccccc4c3c2)cc1. The predicted octanol–water partition coefficient (Wildman–Crippen LogP) is 5.00. The van der Waals surface area contributed by atoms with Gasteiger partial charge in [-0.15, -0.1) is 0 Å². The number of hydrazone groups is 1. The Bertz CT molecular complexity index is 1210. The summed E-state index contributed by atoms with van der Waals surface area (Å²) < 4.78 is 0. The summed E-state index contributed by atoms with van der Waals surface area (Å²) in [4.78, 5) is 19.3. The van der Waals surface area contributed by atoms with Gasteiger partial charge in [0.05, 0.1) is 17.3 Å². The van der Waals surface area contributed by atoms with Gasteiger partial charge in [0.1, 0.15) is 0 Å². The van der Waals surface area contributed by atoms with E-state index in [0.29, 0.717) is 5.56 Å². The van der Waals surface area contributed by atoms with Crippen LogP contribution in [0.15, 0.2) is 78.0 Å². The minimum Gasteiger partial charge on any atom is -0.372 e. The van der Waals surface area contributed by atoms with Gasteiger partial charge in [-0.05, 0) is 54.4 Å². The number of nitrogens with zero attached hydrogens (tertiary/aromatic N) is 3. The lowest BCUT2D eigenvalue weighted by Gasteiger charge is -2.20. The first-order valence-corrected chi connectivity index (χ1v) is 10.2. The molecule has 0 aliphatic carbocycles. The van der Waals surface area contributed by atoms with E-state index in [1.54, 1.807) is 12.4 Å². The van der Waals surface area contributed by atoms with Crippen LogP contribution in [0.4, 0.5) is 5.69 Å². The van der Waals surface area contributed by atoms with Crippen molar-refractivity contribution in [2.24, 2.45) is 5.10 Å². The molecule has 150 valence electrons. The maximum Gasteiger partial charge on any atom is 0.272 e. The van der Waals surface area contributed by atoms with Crippen LogP contribution in [0.1, 0.15) is 29.8 Å². The maximum absolute atomic E-state index is 12.6. The number of hydrogen-bond donors (Lipinski definition) is 1. The van der Waals surface area contributed by atoms with E-state index < -0.39 is 0 Å². The van der Waals surface area contributed by atoms with Crippen molar-refractivity contribution in [2.75, 3.05) is 18.0 Å². The lowest BCUT2D eigenvalue weighted by atomic mass is 10.0. The van der Waals surface area contributed by atoms with E-state index in [4.69, 9.17) is 0 Å². The first-order chi connectivity index (χ1) is 14.7. The molecule has 1 amide bonds. The summed E-state index contributed by atoms with van der Waals surface area (Å²) in [6.07, 6.45) is 3.23. The zero-order chi connectivity index (χ0) is 20.9. The van der Waals surface area contributed by atoms with Gasteiger partial charge in [-0.1, -0.05) is 42.5 Å². The molecule has 3 aromatic carbocycles. The van der Waals surface area contributed by atoms with Crippen molar-refractivity contribution in [2.45, 2.75) is 13.8 Å². The predicted molar refractivity (Wildman–Crippen MR) is 124 cm³/mol. The third kappa shape index (κ3) is 4.01. The molecule has 0 aliphatic heterocycles. The summed E-state index contributed by atoms with van der Waals surface area (Å²) in [5.74, 6) is -0.284. The summed E-state index contributed by atoms with van der Waals surface area (Å²) in [7, 11) is 0. The third-order valence-corrected chi connectivity index (χ3v) is 5.25. The Morgan fingerprint density at radius 3 is 2.53 bits per heavy atom. The molecule has 0 saturated heterocycles. The second-order valence-electron chi connectivity index (χ2n) is 7.04. The molecule has 1 N–H and O–H groups in total. The average molecular weight is 396 g/mol. The molecule has 4 aromatic rings. The van der Waals surface area contributed by atoms with Crippen molar-refractivity contribution >= 4 is 39.5 Å². The van der Waals surface area contributed by atoms with Gasteiger partial charge < -0.3 is 4.90 Å². The Balaban J connectivity index is 1.50. The monoisotopic (exact) mass is 396 g/mol. The van der Waals surface area contributed by atoms with Gasteiger partial charge in [-0.2, -0.15) is 5.10 Å². The molecule has 0 spiro atoms. The minimum absolute atomic E-state index is 0.284. The van der Waals surface area contributed by atoms with Gasteiger partial charge in [0, 0.05) is 30.4 Å². The second kappa shape index (κ2) is 8.74. The van der Waals surface area contributed by atoms with E-state index >= 15 is 0 Å². The van der Waals surface area contributed by atoms with E-state index in [9.17, 15) is 4.79 Å². The van der Waals surface area contributed by atoms with E-state index in [1.165, 1.54) is 5.69 Å². The fraction of sp³-hybridized carbons (Fsp3) is 0.160. The highest BCUT2D eigenvalue weighted by Gasteiger charge is 2.08.